The van der Waals surface area contributed by atoms with Crippen molar-refractivity contribution in [2.24, 2.45) is 0 Å². The fourth-order valence-corrected chi connectivity index (χ4v) is 4.79. The van der Waals surface area contributed by atoms with Gasteiger partial charge >= 0.3 is 73.6 Å². The van der Waals surface area contributed by atoms with Gasteiger partial charge in [-0.15, -0.1) is 0 Å². The maximum absolute atomic E-state index is 5.31. The Kier molecular flexibility index (Phi) is 6.55. The zero-order chi connectivity index (χ0) is 8.74. The Balaban J connectivity index is 3.96. The van der Waals surface area contributed by atoms with E-state index in [4.69, 9.17) is 12.3 Å². The zero-order valence-corrected chi connectivity index (χ0v) is 10.4. The fraction of sp³-hybridized carbons (Fsp3) is 1.00. The third-order valence-electron chi connectivity index (χ3n) is 1.14. The molecule has 0 radical (unpaired) electrons. The summed E-state index contributed by atoms with van der Waals surface area (Å²) in [5.41, 5.74) is 0. The Morgan fingerprint density at radius 3 is 1.45 bits per heavy atom. The monoisotopic (exact) mass is 272 g/mol. The standard InChI is InChI=1S/2C2H5O.2CH3O.Sn/c2*1-2-3;2*1-2;/h2*2H2,1H3;2*1H3;/q4*-1;+4. The molecular weight excluding hydrogens is 255 g/mol. The van der Waals surface area contributed by atoms with Crippen LogP contribution in [-0.2, 0) is 12.3 Å². The van der Waals surface area contributed by atoms with Crippen LogP contribution in [0, 0.1) is 0 Å². The summed E-state index contributed by atoms with van der Waals surface area (Å²) >= 11 is -3.47. The van der Waals surface area contributed by atoms with Gasteiger partial charge in [0.1, 0.15) is 0 Å². The molecule has 0 atom stereocenters. The molecule has 0 spiro atoms. The summed E-state index contributed by atoms with van der Waals surface area (Å²) in [6, 6.07) is 0. The van der Waals surface area contributed by atoms with E-state index in [1.807, 2.05) is 13.8 Å². The summed E-state index contributed by atoms with van der Waals surface area (Å²) in [5, 5.41) is 0. The van der Waals surface area contributed by atoms with Crippen LogP contribution in [0.2, 0.25) is 0 Å². The maximum atomic E-state index is 5.31. The molecule has 0 aliphatic carbocycles. The fourth-order valence-electron chi connectivity index (χ4n) is 0.714. The van der Waals surface area contributed by atoms with Crippen LogP contribution in [0.3, 0.4) is 0 Å². The van der Waals surface area contributed by atoms with Crippen molar-refractivity contribution in [3.8, 4) is 0 Å². The second kappa shape index (κ2) is 6.19. The predicted molar refractivity (Wildman–Crippen MR) is 43.0 cm³/mol. The molecule has 0 aromatic heterocycles. The first-order valence-corrected chi connectivity index (χ1v) is 8.29. The van der Waals surface area contributed by atoms with Crippen molar-refractivity contribution in [3.05, 3.63) is 0 Å². The van der Waals surface area contributed by atoms with Crippen LogP contribution in [0.15, 0.2) is 0 Å². The van der Waals surface area contributed by atoms with E-state index < -0.39 is 20.0 Å². The Labute approximate surface area is 73.8 Å². The summed E-state index contributed by atoms with van der Waals surface area (Å²) in [7, 11) is 3.12. The van der Waals surface area contributed by atoms with Crippen molar-refractivity contribution >= 4 is 20.0 Å². The molecule has 68 valence electrons. The van der Waals surface area contributed by atoms with Crippen LogP contribution >= 0.6 is 0 Å². The van der Waals surface area contributed by atoms with Crippen molar-refractivity contribution in [1.82, 2.24) is 0 Å². The van der Waals surface area contributed by atoms with Crippen molar-refractivity contribution < 1.29 is 12.3 Å². The minimum atomic E-state index is -3.47. The van der Waals surface area contributed by atoms with Crippen molar-refractivity contribution in [2.45, 2.75) is 13.8 Å². The molecule has 0 amide bonds. The van der Waals surface area contributed by atoms with Crippen LogP contribution < -0.4 is 0 Å². The minimum absolute atomic E-state index is 0.567. The van der Waals surface area contributed by atoms with Gasteiger partial charge in [-0.1, -0.05) is 0 Å². The topological polar surface area (TPSA) is 36.9 Å². The Hall–Kier alpha value is 0.639. The average Bonchev–Trinajstić information content (AvgIpc) is 2.04. The van der Waals surface area contributed by atoms with E-state index in [2.05, 4.69) is 0 Å². The molecule has 0 aliphatic heterocycles. The van der Waals surface area contributed by atoms with Crippen LogP contribution in [0.25, 0.3) is 0 Å². The summed E-state index contributed by atoms with van der Waals surface area (Å²) in [6.45, 7) is 4.92. The molecular formula is C6H16O4Sn. The van der Waals surface area contributed by atoms with Gasteiger partial charge in [0.2, 0.25) is 0 Å². The molecule has 11 heavy (non-hydrogen) atoms. The van der Waals surface area contributed by atoms with Crippen molar-refractivity contribution in [2.75, 3.05) is 27.4 Å². The summed E-state index contributed by atoms with van der Waals surface area (Å²) < 4.78 is 20.8. The Bertz CT molecular complexity index is 86.6. The van der Waals surface area contributed by atoms with Crippen LogP contribution in [0.5, 0.6) is 0 Å². The molecule has 0 aliphatic rings. The molecule has 5 heteroatoms. The number of rotatable bonds is 6. The molecule has 0 aromatic carbocycles. The molecule has 0 N–H and O–H groups in total. The Morgan fingerprint density at radius 1 is 0.909 bits per heavy atom. The normalized spacial score (nSPS) is 12.0. The second-order valence-corrected chi connectivity index (χ2v) is 8.61. The van der Waals surface area contributed by atoms with E-state index in [1.54, 1.807) is 14.2 Å². The van der Waals surface area contributed by atoms with Gasteiger partial charge in [0.25, 0.3) is 0 Å². The predicted octanol–water partition coefficient (Wildman–Crippen LogP) is 0.788. The van der Waals surface area contributed by atoms with Gasteiger partial charge in [-0.3, -0.25) is 0 Å². The van der Waals surface area contributed by atoms with Crippen LogP contribution in [0.4, 0.5) is 0 Å². The van der Waals surface area contributed by atoms with Gasteiger partial charge in [-0.25, -0.2) is 0 Å². The van der Waals surface area contributed by atoms with Gasteiger partial charge in [-0.2, -0.15) is 0 Å². The van der Waals surface area contributed by atoms with Crippen molar-refractivity contribution in [1.29, 1.82) is 0 Å². The first kappa shape index (κ1) is 11.6. The third kappa shape index (κ3) is 3.70. The summed E-state index contributed by atoms with van der Waals surface area (Å²) in [4.78, 5) is 0. The molecule has 0 unspecified atom stereocenters. The van der Waals surface area contributed by atoms with Gasteiger partial charge in [0, 0.05) is 0 Å². The SMILES string of the molecule is CC[O][Sn]([O]C)([O]C)[O]CC. The van der Waals surface area contributed by atoms with E-state index in [9.17, 15) is 0 Å². The van der Waals surface area contributed by atoms with Gasteiger partial charge in [0.05, 0.1) is 0 Å². The summed E-state index contributed by atoms with van der Waals surface area (Å²) in [5.74, 6) is 0. The van der Waals surface area contributed by atoms with Crippen LogP contribution in [0.1, 0.15) is 13.8 Å². The first-order valence-electron chi connectivity index (χ1n) is 3.62. The van der Waals surface area contributed by atoms with Gasteiger partial charge in [0.15, 0.2) is 0 Å². The quantitative estimate of drug-likeness (QED) is 0.669. The molecule has 0 bridgehead atoms. The van der Waals surface area contributed by atoms with E-state index in [1.165, 1.54) is 0 Å². The second-order valence-electron chi connectivity index (χ2n) is 1.77. The first-order chi connectivity index (χ1) is 5.24. The molecule has 0 fully saturated rings. The van der Waals surface area contributed by atoms with E-state index in [-0.39, 0.29) is 0 Å². The summed E-state index contributed by atoms with van der Waals surface area (Å²) in [6.07, 6.45) is 0. The molecule has 0 saturated heterocycles. The number of hydrogen-bond acceptors (Lipinski definition) is 4. The van der Waals surface area contributed by atoms with Gasteiger partial charge < -0.3 is 0 Å². The molecule has 0 rings (SSSR count). The van der Waals surface area contributed by atoms with E-state index in [0.29, 0.717) is 13.2 Å². The average molecular weight is 271 g/mol. The zero-order valence-electron chi connectivity index (χ0n) is 7.55. The molecule has 0 heterocycles. The van der Waals surface area contributed by atoms with Crippen LogP contribution in [-0.4, -0.2) is 47.5 Å². The molecule has 0 saturated carbocycles. The van der Waals surface area contributed by atoms with E-state index in [0.717, 1.165) is 0 Å². The molecule has 0 aromatic rings. The third-order valence-corrected chi connectivity index (χ3v) is 7.66. The Morgan fingerprint density at radius 2 is 1.27 bits per heavy atom. The van der Waals surface area contributed by atoms with E-state index >= 15 is 0 Å². The number of hydrogen-bond donors (Lipinski definition) is 0. The molecule has 4 nitrogen and oxygen atoms in total. The van der Waals surface area contributed by atoms with Crippen molar-refractivity contribution in [3.63, 3.8) is 0 Å². The van der Waals surface area contributed by atoms with Gasteiger partial charge in [-0.05, 0) is 0 Å².